The van der Waals surface area contributed by atoms with Crippen molar-refractivity contribution >= 4 is 5.69 Å². The summed E-state index contributed by atoms with van der Waals surface area (Å²) in [7, 11) is 0. The van der Waals surface area contributed by atoms with Crippen molar-refractivity contribution in [3.8, 4) is 17.1 Å². The van der Waals surface area contributed by atoms with Gasteiger partial charge in [0.2, 0.25) is 0 Å². The van der Waals surface area contributed by atoms with Crippen molar-refractivity contribution in [2.75, 3.05) is 18.0 Å². The summed E-state index contributed by atoms with van der Waals surface area (Å²) in [5.74, 6) is -0.919. The molecule has 0 unspecified atom stereocenters. The molecule has 150 valence electrons. The molecule has 1 aromatic heterocycles. The van der Waals surface area contributed by atoms with E-state index in [1.807, 2.05) is 30.3 Å². The maximum absolute atomic E-state index is 14.0. The van der Waals surface area contributed by atoms with Crippen LogP contribution in [0.2, 0.25) is 0 Å². The van der Waals surface area contributed by atoms with Crippen molar-refractivity contribution in [2.24, 2.45) is 0 Å². The molecule has 2 aromatic carbocycles. The number of benzene rings is 2. The minimum Gasteiger partial charge on any atom is -0.504 e. The first-order valence-corrected chi connectivity index (χ1v) is 9.94. The molecule has 3 aromatic rings. The average molecular weight is 393 g/mol. The lowest BCUT2D eigenvalue weighted by atomic mass is 10.1. The quantitative estimate of drug-likeness (QED) is 0.714. The fourth-order valence-corrected chi connectivity index (χ4v) is 3.95. The number of aromatic hydroxyl groups is 1. The number of anilines is 1. The molecule has 0 amide bonds. The van der Waals surface area contributed by atoms with Crippen LogP contribution in [0.25, 0.3) is 11.4 Å². The fourth-order valence-electron chi connectivity index (χ4n) is 3.95. The molecule has 6 heteroatoms. The Bertz CT molecular complexity index is 1070. The summed E-state index contributed by atoms with van der Waals surface area (Å²) in [6.07, 6.45) is 2.73. The van der Waals surface area contributed by atoms with E-state index >= 15 is 0 Å². The predicted octanol–water partition coefficient (Wildman–Crippen LogP) is 3.91. The Labute approximate surface area is 169 Å². The molecule has 5 nitrogen and oxygen atoms in total. The monoisotopic (exact) mass is 393 g/mol. The minimum absolute atomic E-state index is 0.144. The SMILES string of the molecule is Cc1nc(-c2cccc(F)c2O)n(CCc2ccccc2)c(=O)c1N1CCCC1. The summed E-state index contributed by atoms with van der Waals surface area (Å²) >= 11 is 0. The summed E-state index contributed by atoms with van der Waals surface area (Å²) in [5, 5.41) is 10.3. The van der Waals surface area contributed by atoms with E-state index in [0.29, 0.717) is 30.2 Å². The normalized spacial score (nSPS) is 13.8. The molecule has 1 aliphatic rings. The van der Waals surface area contributed by atoms with Gasteiger partial charge in [0.1, 0.15) is 11.5 Å². The van der Waals surface area contributed by atoms with Gasteiger partial charge in [-0.15, -0.1) is 0 Å². The molecule has 1 N–H and O–H groups in total. The lowest BCUT2D eigenvalue weighted by Gasteiger charge is -2.22. The summed E-state index contributed by atoms with van der Waals surface area (Å²) in [6, 6.07) is 14.2. The first-order chi connectivity index (χ1) is 14.1. The average Bonchev–Trinajstić information content (AvgIpc) is 3.24. The maximum atomic E-state index is 14.0. The van der Waals surface area contributed by atoms with Gasteiger partial charge in [-0.3, -0.25) is 9.36 Å². The lowest BCUT2D eigenvalue weighted by Crippen LogP contribution is -2.33. The number of nitrogens with zero attached hydrogens (tertiary/aromatic N) is 3. The lowest BCUT2D eigenvalue weighted by molar-refractivity contribution is 0.433. The van der Waals surface area contributed by atoms with Gasteiger partial charge in [-0.2, -0.15) is 0 Å². The largest absolute Gasteiger partial charge is 0.504 e. The number of rotatable bonds is 5. The third-order valence-electron chi connectivity index (χ3n) is 5.44. The molecule has 0 saturated carbocycles. The van der Waals surface area contributed by atoms with E-state index in [1.165, 1.54) is 12.1 Å². The third-order valence-corrected chi connectivity index (χ3v) is 5.44. The highest BCUT2D eigenvalue weighted by molar-refractivity contribution is 5.66. The number of hydrogen-bond acceptors (Lipinski definition) is 4. The van der Waals surface area contributed by atoms with Crippen molar-refractivity contribution in [1.82, 2.24) is 9.55 Å². The fraction of sp³-hybridized carbons (Fsp3) is 0.304. The Hall–Kier alpha value is -3.15. The third kappa shape index (κ3) is 3.75. The van der Waals surface area contributed by atoms with Crippen LogP contribution in [0.1, 0.15) is 24.1 Å². The number of aryl methyl sites for hydroxylation is 2. The van der Waals surface area contributed by atoms with Gasteiger partial charge in [0.15, 0.2) is 11.6 Å². The van der Waals surface area contributed by atoms with Crippen LogP contribution in [0.15, 0.2) is 53.3 Å². The van der Waals surface area contributed by atoms with Gasteiger partial charge in [-0.1, -0.05) is 36.4 Å². The summed E-state index contributed by atoms with van der Waals surface area (Å²) in [6.45, 7) is 3.86. The number of para-hydroxylation sites is 1. The van der Waals surface area contributed by atoms with Gasteiger partial charge in [0, 0.05) is 19.6 Å². The Balaban J connectivity index is 1.84. The number of aromatic nitrogens is 2. The van der Waals surface area contributed by atoms with Gasteiger partial charge in [-0.25, -0.2) is 9.37 Å². The van der Waals surface area contributed by atoms with Crippen molar-refractivity contribution < 1.29 is 9.50 Å². The summed E-state index contributed by atoms with van der Waals surface area (Å²) < 4.78 is 15.6. The Morgan fingerprint density at radius 3 is 2.52 bits per heavy atom. The van der Waals surface area contributed by atoms with Gasteiger partial charge in [0.05, 0.1) is 11.3 Å². The van der Waals surface area contributed by atoms with Gasteiger partial charge in [0.25, 0.3) is 5.56 Å². The van der Waals surface area contributed by atoms with Gasteiger partial charge < -0.3 is 10.0 Å². The Morgan fingerprint density at radius 2 is 1.79 bits per heavy atom. The van der Waals surface area contributed by atoms with Crippen LogP contribution in [-0.4, -0.2) is 27.7 Å². The van der Waals surface area contributed by atoms with E-state index in [1.54, 1.807) is 17.6 Å². The van der Waals surface area contributed by atoms with Gasteiger partial charge in [-0.05, 0) is 43.9 Å². The summed E-state index contributed by atoms with van der Waals surface area (Å²) in [5.41, 5.74) is 2.39. The molecule has 4 rings (SSSR count). The standard InChI is InChI=1S/C23H24FN3O2/c1-16-20(26-13-5-6-14-26)23(29)27(15-12-17-8-3-2-4-9-17)22(25-16)18-10-7-11-19(24)21(18)28/h2-4,7-11,28H,5-6,12-15H2,1H3. The second-order valence-corrected chi connectivity index (χ2v) is 7.39. The van der Waals surface area contributed by atoms with Crippen molar-refractivity contribution in [2.45, 2.75) is 32.7 Å². The molecule has 2 heterocycles. The van der Waals surface area contributed by atoms with Crippen LogP contribution in [-0.2, 0) is 13.0 Å². The molecule has 29 heavy (non-hydrogen) atoms. The van der Waals surface area contributed by atoms with E-state index in [0.717, 1.165) is 31.5 Å². The molecule has 1 aliphatic heterocycles. The molecule has 0 atom stereocenters. The molecule has 0 radical (unpaired) electrons. The molecular weight excluding hydrogens is 369 g/mol. The number of halogens is 1. The van der Waals surface area contributed by atoms with Crippen LogP contribution in [0.4, 0.5) is 10.1 Å². The molecular formula is C23H24FN3O2. The number of phenolic OH excluding ortho intramolecular Hbond substituents is 1. The molecule has 0 bridgehead atoms. The van der Waals surface area contributed by atoms with Crippen LogP contribution in [0.5, 0.6) is 5.75 Å². The summed E-state index contributed by atoms with van der Waals surface area (Å²) in [4.78, 5) is 20.2. The van der Waals surface area contributed by atoms with Crippen LogP contribution >= 0.6 is 0 Å². The van der Waals surface area contributed by atoms with E-state index in [4.69, 9.17) is 0 Å². The van der Waals surface area contributed by atoms with Crippen LogP contribution < -0.4 is 10.5 Å². The molecule has 0 spiro atoms. The van der Waals surface area contributed by atoms with Crippen molar-refractivity contribution in [3.05, 3.63) is 76.0 Å². The van der Waals surface area contributed by atoms with Crippen molar-refractivity contribution in [3.63, 3.8) is 0 Å². The zero-order valence-electron chi connectivity index (χ0n) is 16.4. The maximum Gasteiger partial charge on any atom is 0.277 e. The van der Waals surface area contributed by atoms with E-state index in [9.17, 15) is 14.3 Å². The Kier molecular flexibility index (Phi) is 5.34. The minimum atomic E-state index is -0.729. The van der Waals surface area contributed by atoms with Crippen molar-refractivity contribution in [1.29, 1.82) is 0 Å². The number of phenols is 1. The van der Waals surface area contributed by atoms with E-state index in [-0.39, 0.29) is 11.1 Å². The molecule has 0 aliphatic carbocycles. The smallest absolute Gasteiger partial charge is 0.277 e. The second-order valence-electron chi connectivity index (χ2n) is 7.39. The highest BCUT2D eigenvalue weighted by atomic mass is 19.1. The first-order valence-electron chi connectivity index (χ1n) is 9.94. The highest BCUT2D eigenvalue weighted by Crippen LogP contribution is 2.31. The topological polar surface area (TPSA) is 58.4 Å². The van der Waals surface area contributed by atoms with Crippen LogP contribution in [0, 0.1) is 12.7 Å². The van der Waals surface area contributed by atoms with Crippen LogP contribution in [0.3, 0.4) is 0 Å². The zero-order chi connectivity index (χ0) is 20.4. The van der Waals surface area contributed by atoms with Gasteiger partial charge >= 0.3 is 0 Å². The second kappa shape index (κ2) is 8.07. The number of hydrogen-bond donors (Lipinski definition) is 1. The first kappa shape index (κ1) is 19.2. The highest BCUT2D eigenvalue weighted by Gasteiger charge is 2.24. The Morgan fingerprint density at radius 1 is 1.07 bits per heavy atom. The van der Waals surface area contributed by atoms with E-state index < -0.39 is 11.6 Å². The zero-order valence-corrected chi connectivity index (χ0v) is 16.4. The molecule has 1 fully saturated rings. The predicted molar refractivity (Wildman–Crippen MR) is 112 cm³/mol. The molecule has 1 saturated heterocycles. The van der Waals surface area contributed by atoms with E-state index in [2.05, 4.69) is 9.88 Å².